The van der Waals surface area contributed by atoms with E-state index < -0.39 is 6.04 Å². The van der Waals surface area contributed by atoms with Gasteiger partial charge in [-0.05, 0) is 43.7 Å². The molecule has 0 unspecified atom stereocenters. The minimum atomic E-state index is -0.456. The summed E-state index contributed by atoms with van der Waals surface area (Å²) in [5, 5.41) is 7.28. The van der Waals surface area contributed by atoms with Crippen molar-refractivity contribution >= 4 is 33.2 Å². The number of anilines is 1. The summed E-state index contributed by atoms with van der Waals surface area (Å²) >= 11 is 3.39. The van der Waals surface area contributed by atoms with Crippen LogP contribution >= 0.6 is 15.9 Å². The average molecular weight is 390 g/mol. The van der Waals surface area contributed by atoms with Crippen molar-refractivity contribution in [3.8, 4) is 5.75 Å². The van der Waals surface area contributed by atoms with Crippen LogP contribution in [0, 0.1) is 0 Å². The standard InChI is InChI=1S/C18H20BrN3O2/c1-12(14-8-10-15(19)11-9-14)21-22-18(23)13(2)20-16-6-4-5-7-17(16)24-3/h4-11,13,20H,1-3H3,(H,22,23)/t13-/m1/s1. The van der Waals surface area contributed by atoms with Crippen LogP contribution in [0.2, 0.25) is 0 Å². The molecule has 0 spiro atoms. The van der Waals surface area contributed by atoms with Gasteiger partial charge in [-0.25, -0.2) is 5.43 Å². The summed E-state index contributed by atoms with van der Waals surface area (Å²) in [6.07, 6.45) is 0. The minimum absolute atomic E-state index is 0.225. The first-order chi connectivity index (χ1) is 11.5. The van der Waals surface area contributed by atoms with Crippen molar-refractivity contribution in [3.05, 3.63) is 58.6 Å². The van der Waals surface area contributed by atoms with E-state index in [-0.39, 0.29) is 5.91 Å². The zero-order chi connectivity index (χ0) is 17.5. The number of halogens is 1. The van der Waals surface area contributed by atoms with E-state index in [1.54, 1.807) is 14.0 Å². The monoisotopic (exact) mass is 389 g/mol. The van der Waals surface area contributed by atoms with E-state index in [1.165, 1.54) is 0 Å². The van der Waals surface area contributed by atoms with Gasteiger partial charge in [0.05, 0.1) is 18.5 Å². The fourth-order valence-corrected chi connectivity index (χ4v) is 2.32. The van der Waals surface area contributed by atoms with Crippen molar-refractivity contribution in [2.75, 3.05) is 12.4 Å². The lowest BCUT2D eigenvalue weighted by atomic mass is 10.1. The smallest absolute Gasteiger partial charge is 0.262 e. The second kappa shape index (κ2) is 8.49. The van der Waals surface area contributed by atoms with Gasteiger partial charge >= 0.3 is 0 Å². The molecule has 0 aromatic heterocycles. The van der Waals surface area contributed by atoms with Gasteiger partial charge in [-0.2, -0.15) is 5.10 Å². The third-order valence-electron chi connectivity index (χ3n) is 3.47. The van der Waals surface area contributed by atoms with Crippen LogP contribution < -0.4 is 15.5 Å². The van der Waals surface area contributed by atoms with Gasteiger partial charge in [0.25, 0.3) is 5.91 Å². The lowest BCUT2D eigenvalue weighted by molar-refractivity contribution is -0.121. The highest BCUT2D eigenvalue weighted by Gasteiger charge is 2.14. The molecule has 0 fully saturated rings. The van der Waals surface area contributed by atoms with E-state index >= 15 is 0 Å². The minimum Gasteiger partial charge on any atom is -0.495 e. The Bertz CT molecular complexity index is 729. The number of para-hydroxylation sites is 2. The molecular formula is C18H20BrN3O2. The first-order valence-corrected chi connectivity index (χ1v) is 8.30. The zero-order valence-corrected chi connectivity index (χ0v) is 15.4. The Morgan fingerprint density at radius 2 is 1.83 bits per heavy atom. The van der Waals surface area contributed by atoms with Crippen molar-refractivity contribution in [2.24, 2.45) is 5.10 Å². The Labute approximate surface area is 150 Å². The molecule has 1 atom stereocenters. The number of hydrogen-bond acceptors (Lipinski definition) is 4. The van der Waals surface area contributed by atoms with Gasteiger partial charge in [0.2, 0.25) is 0 Å². The number of hydrogen-bond donors (Lipinski definition) is 2. The number of ether oxygens (including phenoxy) is 1. The summed E-state index contributed by atoms with van der Waals surface area (Å²) in [6, 6.07) is 14.7. The van der Waals surface area contributed by atoms with Gasteiger partial charge in [-0.15, -0.1) is 0 Å². The number of amides is 1. The maximum absolute atomic E-state index is 12.2. The van der Waals surface area contributed by atoms with E-state index in [9.17, 15) is 4.79 Å². The number of nitrogens with zero attached hydrogens (tertiary/aromatic N) is 1. The predicted molar refractivity (Wildman–Crippen MR) is 101 cm³/mol. The van der Waals surface area contributed by atoms with Crippen molar-refractivity contribution in [3.63, 3.8) is 0 Å². The maximum atomic E-state index is 12.2. The molecular weight excluding hydrogens is 370 g/mol. The summed E-state index contributed by atoms with van der Waals surface area (Å²) in [6.45, 7) is 3.62. The Morgan fingerprint density at radius 3 is 2.50 bits per heavy atom. The normalized spacial score (nSPS) is 12.4. The molecule has 2 rings (SSSR count). The van der Waals surface area contributed by atoms with E-state index in [0.717, 1.165) is 21.4 Å². The van der Waals surface area contributed by atoms with Crippen LogP contribution in [0.25, 0.3) is 0 Å². The number of carbonyl (C=O) groups is 1. The van der Waals surface area contributed by atoms with Crippen molar-refractivity contribution in [2.45, 2.75) is 19.9 Å². The molecule has 6 heteroatoms. The molecule has 0 aliphatic heterocycles. The fourth-order valence-electron chi connectivity index (χ4n) is 2.05. The summed E-state index contributed by atoms with van der Waals surface area (Å²) in [7, 11) is 1.59. The fraction of sp³-hybridized carbons (Fsp3) is 0.222. The molecule has 0 heterocycles. The Kier molecular flexibility index (Phi) is 6.37. The number of hydrazone groups is 1. The van der Waals surface area contributed by atoms with Crippen LogP contribution in [-0.4, -0.2) is 24.8 Å². The third kappa shape index (κ3) is 4.83. The van der Waals surface area contributed by atoms with Gasteiger partial charge in [0.1, 0.15) is 11.8 Å². The number of methoxy groups -OCH3 is 1. The molecule has 0 aliphatic carbocycles. The van der Waals surface area contributed by atoms with E-state index in [4.69, 9.17) is 4.74 Å². The molecule has 0 saturated carbocycles. The molecule has 0 aliphatic rings. The second-order valence-corrected chi connectivity index (χ2v) is 6.16. The van der Waals surface area contributed by atoms with Gasteiger partial charge in [0.15, 0.2) is 0 Å². The van der Waals surface area contributed by atoms with Crippen LogP contribution in [0.5, 0.6) is 5.75 Å². The second-order valence-electron chi connectivity index (χ2n) is 5.25. The first kappa shape index (κ1) is 18.0. The summed E-state index contributed by atoms with van der Waals surface area (Å²) < 4.78 is 6.26. The zero-order valence-electron chi connectivity index (χ0n) is 13.8. The van der Waals surface area contributed by atoms with Crippen LogP contribution in [0.15, 0.2) is 58.1 Å². The molecule has 1 amide bonds. The summed E-state index contributed by atoms with van der Waals surface area (Å²) in [4.78, 5) is 12.2. The lowest BCUT2D eigenvalue weighted by Gasteiger charge is -2.16. The molecule has 2 N–H and O–H groups in total. The quantitative estimate of drug-likeness (QED) is 0.583. The van der Waals surface area contributed by atoms with E-state index in [2.05, 4.69) is 31.8 Å². The van der Waals surface area contributed by atoms with Crippen molar-refractivity contribution < 1.29 is 9.53 Å². The third-order valence-corrected chi connectivity index (χ3v) is 4.00. The molecule has 2 aromatic carbocycles. The lowest BCUT2D eigenvalue weighted by Crippen LogP contribution is -2.35. The highest BCUT2D eigenvalue weighted by atomic mass is 79.9. The van der Waals surface area contributed by atoms with Crippen molar-refractivity contribution in [1.29, 1.82) is 0 Å². The van der Waals surface area contributed by atoms with Gasteiger partial charge in [-0.1, -0.05) is 40.2 Å². The van der Waals surface area contributed by atoms with Crippen LogP contribution in [0.1, 0.15) is 19.4 Å². The highest BCUT2D eigenvalue weighted by molar-refractivity contribution is 9.10. The number of benzene rings is 2. The largest absolute Gasteiger partial charge is 0.495 e. The van der Waals surface area contributed by atoms with Crippen LogP contribution in [-0.2, 0) is 4.79 Å². The molecule has 0 saturated heterocycles. The summed E-state index contributed by atoms with van der Waals surface area (Å²) in [5.74, 6) is 0.462. The topological polar surface area (TPSA) is 62.7 Å². The van der Waals surface area contributed by atoms with Gasteiger partial charge < -0.3 is 10.1 Å². The average Bonchev–Trinajstić information content (AvgIpc) is 2.60. The predicted octanol–water partition coefficient (Wildman–Crippen LogP) is 3.80. The molecule has 126 valence electrons. The highest BCUT2D eigenvalue weighted by Crippen LogP contribution is 2.23. The SMILES string of the molecule is COc1ccccc1N[C@H](C)C(=O)NN=C(C)c1ccc(Br)cc1. The van der Waals surface area contributed by atoms with Crippen LogP contribution in [0.3, 0.4) is 0 Å². The van der Waals surface area contributed by atoms with E-state index in [0.29, 0.717) is 5.75 Å². The van der Waals surface area contributed by atoms with Gasteiger partial charge in [-0.3, -0.25) is 4.79 Å². The number of nitrogens with one attached hydrogen (secondary N) is 2. The number of rotatable bonds is 6. The Hall–Kier alpha value is -2.34. The first-order valence-electron chi connectivity index (χ1n) is 7.51. The molecule has 0 radical (unpaired) electrons. The molecule has 2 aromatic rings. The van der Waals surface area contributed by atoms with Gasteiger partial charge in [0, 0.05) is 4.47 Å². The molecule has 5 nitrogen and oxygen atoms in total. The van der Waals surface area contributed by atoms with Crippen molar-refractivity contribution in [1.82, 2.24) is 5.43 Å². The summed E-state index contributed by atoms with van der Waals surface area (Å²) in [5.41, 5.74) is 5.03. The number of carbonyl (C=O) groups excluding carboxylic acids is 1. The van der Waals surface area contributed by atoms with E-state index in [1.807, 2.05) is 55.5 Å². The maximum Gasteiger partial charge on any atom is 0.262 e. The Morgan fingerprint density at radius 1 is 1.17 bits per heavy atom. The Balaban J connectivity index is 1.98. The van der Waals surface area contributed by atoms with Crippen LogP contribution in [0.4, 0.5) is 5.69 Å². The molecule has 0 bridgehead atoms. The molecule has 24 heavy (non-hydrogen) atoms.